The molecule has 0 radical (unpaired) electrons. The van der Waals surface area contributed by atoms with Gasteiger partial charge in [0.2, 0.25) is 0 Å². The molecule has 33 heavy (non-hydrogen) atoms. The molecule has 0 saturated heterocycles. The summed E-state index contributed by atoms with van der Waals surface area (Å²) in [4.78, 5) is 8.14. The number of hydrogen-bond donors (Lipinski definition) is 0. The third-order valence-electron chi connectivity index (χ3n) is 5.94. The van der Waals surface area contributed by atoms with Crippen LogP contribution in [-0.2, 0) is 0 Å². The summed E-state index contributed by atoms with van der Waals surface area (Å²) in [7, 11) is 1.60. The van der Waals surface area contributed by atoms with Crippen molar-refractivity contribution in [1.82, 2.24) is 4.98 Å². The second kappa shape index (κ2) is 10.8. The van der Waals surface area contributed by atoms with Gasteiger partial charge in [-0.2, -0.15) is 0 Å². The minimum absolute atomic E-state index is 0. The molecule has 0 bridgehead atoms. The normalized spacial score (nSPS) is 13.7. The third-order valence-corrected chi connectivity index (χ3v) is 7.34. The zero-order valence-corrected chi connectivity index (χ0v) is 21.3. The number of anilines is 1. The van der Waals surface area contributed by atoms with Gasteiger partial charge in [-0.15, -0.1) is 30.2 Å². The van der Waals surface area contributed by atoms with Crippen molar-refractivity contribution < 1.29 is 9.13 Å². The molecule has 3 nitrogen and oxygen atoms in total. The highest BCUT2D eigenvalue weighted by atomic mass is 35.5. The number of hydrogen-bond acceptors (Lipinski definition) is 4. The highest BCUT2D eigenvalue weighted by Gasteiger charge is 2.32. The molecule has 4 rings (SSSR count). The molecule has 0 spiro atoms. The summed E-state index contributed by atoms with van der Waals surface area (Å²) >= 11 is 8.17. The lowest BCUT2D eigenvalue weighted by atomic mass is 9.98. The molecule has 3 aromatic rings. The molecule has 1 atom stereocenters. The van der Waals surface area contributed by atoms with Crippen LogP contribution in [0.4, 0.5) is 9.52 Å². The Balaban J connectivity index is 0.00000306. The summed E-state index contributed by atoms with van der Waals surface area (Å²) in [6.45, 7) is 4.20. The number of aryl methyl sites for hydroxylation is 2. The van der Waals surface area contributed by atoms with E-state index in [9.17, 15) is 4.39 Å². The molecular weight excluding hydrogens is 478 g/mol. The first kappa shape index (κ1) is 25.4. The lowest BCUT2D eigenvalue weighted by molar-refractivity contribution is 0.415. The van der Waals surface area contributed by atoms with Gasteiger partial charge in [0.15, 0.2) is 5.13 Å². The van der Waals surface area contributed by atoms with Crippen LogP contribution in [0.25, 0.3) is 11.3 Å². The zero-order chi connectivity index (χ0) is 22.8. The van der Waals surface area contributed by atoms with E-state index in [1.807, 2.05) is 37.3 Å². The highest BCUT2D eigenvalue weighted by Crippen LogP contribution is 2.44. The lowest BCUT2D eigenvalue weighted by Crippen LogP contribution is -2.29. The van der Waals surface area contributed by atoms with Crippen molar-refractivity contribution in [2.75, 3.05) is 18.6 Å². The van der Waals surface area contributed by atoms with E-state index < -0.39 is 0 Å². The first-order valence-corrected chi connectivity index (χ1v) is 11.9. The molecule has 0 unspecified atom stereocenters. The number of aromatic nitrogens is 1. The van der Waals surface area contributed by atoms with E-state index in [2.05, 4.69) is 10.8 Å². The van der Waals surface area contributed by atoms with Gasteiger partial charge >= 0.3 is 0 Å². The summed E-state index contributed by atoms with van der Waals surface area (Å²) in [5.41, 5.74) is 3.22. The average Bonchev–Trinajstić information content (AvgIpc) is 3.52. The monoisotopic (exact) mass is 504 g/mol. The van der Waals surface area contributed by atoms with Crippen LogP contribution in [0.1, 0.15) is 41.3 Å². The van der Waals surface area contributed by atoms with Gasteiger partial charge in [0, 0.05) is 10.4 Å². The fraction of sp³-hybridized carbons (Fsp3) is 0.346. The number of rotatable bonds is 8. The van der Waals surface area contributed by atoms with E-state index in [4.69, 9.17) is 27.7 Å². The van der Waals surface area contributed by atoms with Crippen molar-refractivity contribution in [1.29, 1.82) is 0 Å². The Morgan fingerprint density at radius 2 is 2.06 bits per heavy atom. The van der Waals surface area contributed by atoms with Gasteiger partial charge in [-0.3, -0.25) is 0 Å². The van der Waals surface area contributed by atoms with Crippen LogP contribution in [0.2, 0.25) is 5.02 Å². The van der Waals surface area contributed by atoms with E-state index in [1.54, 1.807) is 31.4 Å². The Kier molecular flexibility index (Phi) is 8.28. The maximum absolute atomic E-state index is 14.5. The molecule has 0 aliphatic heterocycles. The Morgan fingerprint density at radius 1 is 1.30 bits per heavy atom. The number of halogens is 3. The summed E-state index contributed by atoms with van der Waals surface area (Å²) in [5.74, 6) is 3.84. The molecule has 2 aromatic carbocycles. The quantitative estimate of drug-likeness (QED) is 0.294. The second-order valence-electron chi connectivity index (χ2n) is 8.26. The summed E-state index contributed by atoms with van der Waals surface area (Å²) in [5, 5.41) is 1.36. The Morgan fingerprint density at radius 3 is 2.70 bits per heavy atom. The molecule has 0 amide bonds. The molecule has 1 aliphatic carbocycles. The van der Waals surface area contributed by atoms with Crippen molar-refractivity contribution in [3.63, 3.8) is 0 Å². The smallest absolute Gasteiger partial charge is 0.187 e. The van der Waals surface area contributed by atoms with Crippen LogP contribution in [-0.4, -0.2) is 18.6 Å². The van der Waals surface area contributed by atoms with E-state index in [0.29, 0.717) is 28.8 Å². The van der Waals surface area contributed by atoms with E-state index in [0.717, 1.165) is 33.3 Å². The Labute approximate surface area is 210 Å². The van der Waals surface area contributed by atoms with Crippen molar-refractivity contribution in [2.45, 2.75) is 39.2 Å². The van der Waals surface area contributed by atoms with Crippen LogP contribution in [0.3, 0.4) is 0 Å². The summed E-state index contributed by atoms with van der Waals surface area (Å²) in [6, 6.07) is 11.1. The molecule has 1 saturated carbocycles. The summed E-state index contributed by atoms with van der Waals surface area (Å²) in [6.07, 6.45) is 9.11. The van der Waals surface area contributed by atoms with Gasteiger partial charge in [0.05, 0.1) is 30.4 Å². The maximum Gasteiger partial charge on any atom is 0.187 e. The van der Waals surface area contributed by atoms with Crippen LogP contribution >= 0.6 is 35.3 Å². The van der Waals surface area contributed by atoms with Crippen LogP contribution in [0.15, 0.2) is 36.4 Å². The van der Waals surface area contributed by atoms with Crippen LogP contribution in [0, 0.1) is 37.9 Å². The molecular formula is C26H27Cl2FN2OS. The van der Waals surface area contributed by atoms with Crippen LogP contribution in [0.5, 0.6) is 5.75 Å². The average molecular weight is 505 g/mol. The van der Waals surface area contributed by atoms with Crippen molar-refractivity contribution in [2.24, 2.45) is 5.92 Å². The van der Waals surface area contributed by atoms with Crippen molar-refractivity contribution in [3.8, 4) is 29.4 Å². The first-order valence-electron chi connectivity index (χ1n) is 10.7. The van der Waals surface area contributed by atoms with Gasteiger partial charge in [0.25, 0.3) is 0 Å². The fourth-order valence-electron chi connectivity index (χ4n) is 3.94. The van der Waals surface area contributed by atoms with Crippen molar-refractivity contribution in [3.05, 3.63) is 63.2 Å². The van der Waals surface area contributed by atoms with E-state index in [1.165, 1.54) is 12.8 Å². The maximum atomic E-state index is 14.5. The Bertz CT molecular complexity index is 1170. The largest absolute Gasteiger partial charge is 0.495 e. The topological polar surface area (TPSA) is 25.4 Å². The number of nitrogens with zero attached hydrogens (tertiary/aromatic N) is 2. The number of thiazole rings is 1. The van der Waals surface area contributed by atoms with E-state index in [-0.39, 0.29) is 24.3 Å². The second-order valence-corrected chi connectivity index (χ2v) is 9.82. The first-order chi connectivity index (χ1) is 15.4. The van der Waals surface area contributed by atoms with Gasteiger partial charge < -0.3 is 9.64 Å². The van der Waals surface area contributed by atoms with Gasteiger partial charge in [-0.05, 0) is 49.4 Å². The number of ether oxygens (including phenoxy) is 1. The summed E-state index contributed by atoms with van der Waals surface area (Å²) < 4.78 is 19.8. The van der Waals surface area contributed by atoms with Crippen molar-refractivity contribution >= 4 is 40.5 Å². The predicted molar refractivity (Wildman–Crippen MR) is 138 cm³/mol. The fourth-order valence-corrected chi connectivity index (χ4v) is 5.21. The third kappa shape index (κ3) is 5.46. The van der Waals surface area contributed by atoms with Crippen LogP contribution < -0.4 is 9.64 Å². The molecule has 1 heterocycles. The van der Waals surface area contributed by atoms with Gasteiger partial charge in [-0.1, -0.05) is 54.6 Å². The lowest BCUT2D eigenvalue weighted by Gasteiger charge is -2.31. The van der Waals surface area contributed by atoms with Gasteiger partial charge in [0.1, 0.15) is 11.6 Å². The molecule has 174 valence electrons. The number of terminal acetylenes is 1. The molecule has 1 aliphatic rings. The predicted octanol–water partition coefficient (Wildman–Crippen LogP) is 7.63. The number of benzene rings is 2. The zero-order valence-electron chi connectivity index (χ0n) is 18.9. The van der Waals surface area contributed by atoms with E-state index >= 15 is 0 Å². The standard InChI is InChI=1S/C26H26ClFN2OS.ClH/c1-5-13-30(22(14-18-10-11-18)19-12-9-16(2)21(28)15-19)26-29-25(17(3)32-26)20-7-6-8-23(31-4)24(20)27;/h1,6-9,12,15,18,22H,10-11,13-14H2,2-4H3;1H/t22-;/m0./s1. The molecule has 1 fully saturated rings. The molecule has 0 N–H and O–H groups in total. The van der Waals surface area contributed by atoms with Gasteiger partial charge in [-0.25, -0.2) is 9.37 Å². The molecule has 1 aromatic heterocycles. The minimum atomic E-state index is -0.192. The molecule has 7 heteroatoms. The highest BCUT2D eigenvalue weighted by molar-refractivity contribution is 7.16. The number of methoxy groups -OCH3 is 1. The Hall–Kier alpha value is -2.26. The minimum Gasteiger partial charge on any atom is -0.495 e. The SMILES string of the molecule is C#CCN(c1nc(-c2cccc(OC)c2Cl)c(C)s1)[C@@H](CC1CC1)c1ccc(C)c(F)c1.Cl.